The number of piperidine rings is 1. The standard InChI is InChI=1S/C8H15NO/c1-8-3-2-4-9(7-8)5-6-10/h5-6,8,10H,2-4,7H2,1H3/b6-5-/t8-/m1/s1. The lowest BCUT2D eigenvalue weighted by Crippen LogP contribution is -2.29. The van der Waals surface area contributed by atoms with Crippen molar-refractivity contribution >= 4 is 0 Å². The second kappa shape index (κ2) is 3.49. The molecule has 1 rings (SSSR count). The Kier molecular flexibility index (Phi) is 2.60. The molecule has 1 N–H and O–H groups in total. The highest BCUT2D eigenvalue weighted by molar-refractivity contribution is 4.79. The van der Waals surface area contributed by atoms with Crippen molar-refractivity contribution in [2.24, 2.45) is 5.92 Å². The van der Waals surface area contributed by atoms with Gasteiger partial charge < -0.3 is 10.0 Å². The maximum absolute atomic E-state index is 8.48. The van der Waals surface area contributed by atoms with E-state index in [1.54, 1.807) is 6.20 Å². The average molecular weight is 141 g/mol. The summed E-state index contributed by atoms with van der Waals surface area (Å²) in [5.41, 5.74) is 0. The Morgan fingerprint density at radius 1 is 1.60 bits per heavy atom. The molecule has 1 aliphatic heterocycles. The van der Waals surface area contributed by atoms with Crippen molar-refractivity contribution in [3.8, 4) is 0 Å². The maximum atomic E-state index is 8.48. The summed E-state index contributed by atoms with van der Waals surface area (Å²) in [6, 6.07) is 0. The van der Waals surface area contributed by atoms with Crippen LogP contribution in [-0.4, -0.2) is 23.1 Å². The van der Waals surface area contributed by atoms with E-state index in [-0.39, 0.29) is 0 Å². The van der Waals surface area contributed by atoms with E-state index in [9.17, 15) is 0 Å². The van der Waals surface area contributed by atoms with Gasteiger partial charge in [0.15, 0.2) is 0 Å². The van der Waals surface area contributed by atoms with Crippen molar-refractivity contribution in [2.45, 2.75) is 19.8 Å². The molecule has 1 fully saturated rings. The molecule has 0 unspecified atom stereocenters. The predicted octanol–water partition coefficient (Wildman–Crippen LogP) is 1.75. The largest absolute Gasteiger partial charge is 0.514 e. The van der Waals surface area contributed by atoms with Crippen LogP contribution in [0.3, 0.4) is 0 Å². The Hall–Kier alpha value is -0.660. The van der Waals surface area contributed by atoms with Crippen molar-refractivity contribution in [3.63, 3.8) is 0 Å². The molecule has 0 amide bonds. The van der Waals surface area contributed by atoms with E-state index in [2.05, 4.69) is 11.8 Å². The molecule has 2 heteroatoms. The summed E-state index contributed by atoms with van der Waals surface area (Å²) < 4.78 is 0. The summed E-state index contributed by atoms with van der Waals surface area (Å²) in [6.45, 7) is 4.44. The number of aliphatic hydroxyl groups is 1. The van der Waals surface area contributed by atoms with Crippen LogP contribution in [0.5, 0.6) is 0 Å². The third-order valence-electron chi connectivity index (χ3n) is 1.97. The molecule has 0 bridgehead atoms. The van der Waals surface area contributed by atoms with E-state index in [0.29, 0.717) is 0 Å². The molecule has 0 aromatic heterocycles. The highest BCUT2D eigenvalue weighted by atomic mass is 16.2. The van der Waals surface area contributed by atoms with Crippen molar-refractivity contribution in [1.29, 1.82) is 0 Å². The zero-order chi connectivity index (χ0) is 7.40. The molecule has 0 aromatic carbocycles. The highest BCUT2D eigenvalue weighted by Crippen LogP contribution is 2.14. The molecular formula is C8H15NO. The summed E-state index contributed by atoms with van der Waals surface area (Å²) >= 11 is 0. The number of nitrogens with zero attached hydrogens (tertiary/aromatic N) is 1. The first kappa shape index (κ1) is 7.45. The van der Waals surface area contributed by atoms with Crippen molar-refractivity contribution < 1.29 is 5.11 Å². The van der Waals surface area contributed by atoms with Gasteiger partial charge >= 0.3 is 0 Å². The quantitative estimate of drug-likeness (QED) is 0.562. The number of hydrogen-bond acceptors (Lipinski definition) is 2. The van der Waals surface area contributed by atoms with Crippen LogP contribution in [0.2, 0.25) is 0 Å². The minimum atomic E-state index is 0.782. The first-order valence-corrected chi connectivity index (χ1v) is 3.88. The Balaban J connectivity index is 2.32. The lowest BCUT2D eigenvalue weighted by Gasteiger charge is -2.29. The monoisotopic (exact) mass is 141 g/mol. The first-order chi connectivity index (χ1) is 4.83. The lowest BCUT2D eigenvalue weighted by atomic mass is 10.0. The SMILES string of the molecule is C[C@@H]1CCCN(/C=C\O)C1. The van der Waals surface area contributed by atoms with E-state index in [1.165, 1.54) is 12.8 Å². The fourth-order valence-corrected chi connectivity index (χ4v) is 1.46. The Labute approximate surface area is 62.2 Å². The average Bonchev–Trinajstić information content (AvgIpc) is 1.88. The predicted molar refractivity (Wildman–Crippen MR) is 41.7 cm³/mol. The second-order valence-corrected chi connectivity index (χ2v) is 3.04. The molecule has 0 radical (unpaired) electrons. The number of aliphatic hydroxyl groups excluding tert-OH is 1. The van der Waals surface area contributed by atoms with Crippen LogP contribution < -0.4 is 0 Å². The zero-order valence-corrected chi connectivity index (χ0v) is 6.45. The zero-order valence-electron chi connectivity index (χ0n) is 6.45. The number of rotatable bonds is 1. The molecule has 0 aromatic rings. The van der Waals surface area contributed by atoms with Gasteiger partial charge in [-0.3, -0.25) is 0 Å². The molecular weight excluding hydrogens is 126 g/mol. The van der Waals surface area contributed by atoms with E-state index in [1.807, 2.05) is 0 Å². The van der Waals surface area contributed by atoms with Gasteiger partial charge in [0.05, 0.1) is 6.26 Å². The summed E-state index contributed by atoms with van der Waals surface area (Å²) in [5.74, 6) is 0.782. The molecule has 58 valence electrons. The molecule has 1 saturated heterocycles. The summed E-state index contributed by atoms with van der Waals surface area (Å²) in [4.78, 5) is 2.16. The smallest absolute Gasteiger partial charge is 0.0950 e. The highest BCUT2D eigenvalue weighted by Gasteiger charge is 2.12. The van der Waals surface area contributed by atoms with E-state index in [4.69, 9.17) is 5.11 Å². The van der Waals surface area contributed by atoms with Gasteiger partial charge in [0.2, 0.25) is 0 Å². The third kappa shape index (κ3) is 1.94. The van der Waals surface area contributed by atoms with Gasteiger partial charge in [0, 0.05) is 19.3 Å². The minimum absolute atomic E-state index is 0.782. The lowest BCUT2D eigenvalue weighted by molar-refractivity contribution is 0.242. The van der Waals surface area contributed by atoms with Crippen molar-refractivity contribution in [3.05, 3.63) is 12.5 Å². The van der Waals surface area contributed by atoms with E-state index >= 15 is 0 Å². The van der Waals surface area contributed by atoms with E-state index < -0.39 is 0 Å². The van der Waals surface area contributed by atoms with Crippen molar-refractivity contribution in [1.82, 2.24) is 4.90 Å². The van der Waals surface area contributed by atoms with Crippen LogP contribution in [0, 0.1) is 5.92 Å². The molecule has 2 nitrogen and oxygen atoms in total. The van der Waals surface area contributed by atoms with Gasteiger partial charge in [-0.15, -0.1) is 0 Å². The Morgan fingerprint density at radius 3 is 3.00 bits per heavy atom. The second-order valence-electron chi connectivity index (χ2n) is 3.04. The van der Waals surface area contributed by atoms with Crippen molar-refractivity contribution in [2.75, 3.05) is 13.1 Å². The summed E-state index contributed by atoms with van der Waals surface area (Å²) in [6.07, 6.45) is 5.47. The van der Waals surface area contributed by atoms with Crippen LogP contribution >= 0.6 is 0 Å². The molecule has 0 spiro atoms. The van der Waals surface area contributed by atoms with Gasteiger partial charge in [-0.05, 0) is 18.8 Å². The van der Waals surface area contributed by atoms with E-state index in [0.717, 1.165) is 25.3 Å². The van der Waals surface area contributed by atoms with Crippen LogP contribution in [0.25, 0.3) is 0 Å². The van der Waals surface area contributed by atoms with Gasteiger partial charge in [-0.1, -0.05) is 6.92 Å². The van der Waals surface area contributed by atoms with Gasteiger partial charge in [-0.2, -0.15) is 0 Å². The van der Waals surface area contributed by atoms with Gasteiger partial charge in [0.25, 0.3) is 0 Å². The van der Waals surface area contributed by atoms with Gasteiger partial charge in [-0.25, -0.2) is 0 Å². The molecule has 0 saturated carbocycles. The molecule has 1 heterocycles. The molecule has 1 atom stereocenters. The minimum Gasteiger partial charge on any atom is -0.514 e. The molecule has 1 aliphatic rings. The Bertz CT molecular complexity index is 122. The Morgan fingerprint density at radius 2 is 2.40 bits per heavy atom. The topological polar surface area (TPSA) is 23.5 Å². The van der Waals surface area contributed by atoms with Crippen LogP contribution in [0.1, 0.15) is 19.8 Å². The normalized spacial score (nSPS) is 27.7. The number of likely N-dealkylation sites (tertiary alicyclic amines) is 1. The van der Waals surface area contributed by atoms with Crippen LogP contribution in [0.4, 0.5) is 0 Å². The molecule has 0 aliphatic carbocycles. The third-order valence-corrected chi connectivity index (χ3v) is 1.97. The van der Waals surface area contributed by atoms with Crippen LogP contribution in [0.15, 0.2) is 12.5 Å². The molecule has 10 heavy (non-hydrogen) atoms. The fraction of sp³-hybridized carbons (Fsp3) is 0.750. The number of hydrogen-bond donors (Lipinski definition) is 1. The summed E-state index contributed by atoms with van der Waals surface area (Å²) in [7, 11) is 0. The van der Waals surface area contributed by atoms with Crippen LogP contribution in [-0.2, 0) is 0 Å². The maximum Gasteiger partial charge on any atom is 0.0950 e. The van der Waals surface area contributed by atoms with Gasteiger partial charge in [0.1, 0.15) is 0 Å². The fourth-order valence-electron chi connectivity index (χ4n) is 1.46. The first-order valence-electron chi connectivity index (χ1n) is 3.88. The summed E-state index contributed by atoms with van der Waals surface area (Å²) in [5, 5.41) is 8.48.